The van der Waals surface area contributed by atoms with Crippen molar-refractivity contribution < 1.29 is 24.2 Å². The van der Waals surface area contributed by atoms with Crippen molar-refractivity contribution in [1.82, 2.24) is 10.2 Å². The van der Waals surface area contributed by atoms with Gasteiger partial charge < -0.3 is 9.84 Å². The summed E-state index contributed by atoms with van der Waals surface area (Å²) >= 11 is 0. The maximum Gasteiger partial charge on any atom is 0.327 e. The molecule has 2 saturated heterocycles. The minimum Gasteiger partial charge on any atom is -0.508 e. The number of amides is 2. The third-order valence-electron chi connectivity index (χ3n) is 6.00. The van der Waals surface area contributed by atoms with Gasteiger partial charge in [-0.05, 0) is 23.3 Å². The Morgan fingerprint density at radius 1 is 1.10 bits per heavy atom. The van der Waals surface area contributed by atoms with Crippen molar-refractivity contribution in [3.63, 3.8) is 0 Å². The quantitative estimate of drug-likeness (QED) is 0.602. The number of aromatic hydroxyl groups is 1. The predicted octanol–water partition coefficient (Wildman–Crippen LogP) is 1.42. The maximum atomic E-state index is 13.1. The van der Waals surface area contributed by atoms with E-state index >= 15 is 0 Å². The average molecular weight is 394 g/mol. The SMILES string of the molecule is COC(=O)[C@]1(Cc2ccccc2)N[C@@H](c2ccc(O)cc2)[C@H]2C(=O)N(C)C(=O)[C@@H]21. The molecule has 2 N–H and O–H groups in total. The van der Waals surface area contributed by atoms with Crippen LogP contribution >= 0.6 is 0 Å². The first-order valence-electron chi connectivity index (χ1n) is 9.39. The number of carbonyl (C=O) groups excluding carboxylic acids is 3. The summed E-state index contributed by atoms with van der Waals surface area (Å²) in [4.78, 5) is 40.2. The van der Waals surface area contributed by atoms with Crippen LogP contribution in [0.5, 0.6) is 5.75 Å². The highest BCUT2D eigenvalue weighted by Gasteiger charge is 2.68. The number of esters is 1. The zero-order valence-electron chi connectivity index (χ0n) is 16.2. The minimum absolute atomic E-state index is 0.0951. The lowest BCUT2D eigenvalue weighted by molar-refractivity contribution is -0.153. The van der Waals surface area contributed by atoms with Crippen molar-refractivity contribution in [2.75, 3.05) is 14.2 Å². The van der Waals surface area contributed by atoms with Gasteiger partial charge in [0.25, 0.3) is 0 Å². The Morgan fingerprint density at radius 2 is 1.76 bits per heavy atom. The Hall–Kier alpha value is -3.19. The van der Waals surface area contributed by atoms with Crippen molar-refractivity contribution in [3.05, 3.63) is 65.7 Å². The molecular weight excluding hydrogens is 372 g/mol. The van der Waals surface area contributed by atoms with Gasteiger partial charge in [0, 0.05) is 19.5 Å². The topological polar surface area (TPSA) is 95.9 Å². The molecule has 7 heteroatoms. The highest BCUT2D eigenvalue weighted by Crippen LogP contribution is 2.50. The number of nitrogens with one attached hydrogen (secondary N) is 1. The van der Waals surface area contributed by atoms with E-state index in [0.717, 1.165) is 10.5 Å². The van der Waals surface area contributed by atoms with E-state index in [2.05, 4.69) is 5.32 Å². The van der Waals surface area contributed by atoms with Crippen LogP contribution in [-0.2, 0) is 25.5 Å². The molecule has 7 nitrogen and oxygen atoms in total. The Labute approximate surface area is 168 Å². The lowest BCUT2D eigenvalue weighted by atomic mass is 9.76. The number of phenolic OH excluding ortho intramolecular Hbond substituents is 1. The normalized spacial score (nSPS) is 28.5. The molecule has 150 valence electrons. The van der Waals surface area contributed by atoms with E-state index in [9.17, 15) is 19.5 Å². The van der Waals surface area contributed by atoms with Crippen LogP contribution < -0.4 is 5.32 Å². The second kappa shape index (κ2) is 7.00. The van der Waals surface area contributed by atoms with Crippen LogP contribution in [-0.4, -0.2) is 47.5 Å². The van der Waals surface area contributed by atoms with Gasteiger partial charge in [0.15, 0.2) is 0 Å². The monoisotopic (exact) mass is 394 g/mol. The van der Waals surface area contributed by atoms with Crippen molar-refractivity contribution in [1.29, 1.82) is 0 Å². The smallest absolute Gasteiger partial charge is 0.327 e. The van der Waals surface area contributed by atoms with E-state index in [1.54, 1.807) is 12.1 Å². The third kappa shape index (κ3) is 2.89. The summed E-state index contributed by atoms with van der Waals surface area (Å²) in [7, 11) is 2.73. The predicted molar refractivity (Wildman–Crippen MR) is 104 cm³/mol. The number of ether oxygens (including phenoxy) is 1. The zero-order valence-corrected chi connectivity index (χ0v) is 16.2. The zero-order chi connectivity index (χ0) is 20.8. The molecule has 0 saturated carbocycles. The van der Waals surface area contributed by atoms with Crippen LogP contribution in [0.1, 0.15) is 17.2 Å². The summed E-state index contributed by atoms with van der Waals surface area (Å²) in [5.41, 5.74) is 0.194. The largest absolute Gasteiger partial charge is 0.508 e. The molecule has 2 heterocycles. The Kier molecular flexibility index (Phi) is 4.62. The van der Waals surface area contributed by atoms with Crippen LogP contribution in [0, 0.1) is 11.8 Å². The highest BCUT2D eigenvalue weighted by molar-refractivity contribution is 6.09. The van der Waals surface area contributed by atoms with Gasteiger partial charge in [-0.1, -0.05) is 42.5 Å². The van der Waals surface area contributed by atoms with Crippen molar-refractivity contribution in [2.45, 2.75) is 18.0 Å². The second-order valence-corrected chi connectivity index (χ2v) is 7.58. The Bertz CT molecular complexity index is 959. The number of carbonyl (C=O) groups is 3. The summed E-state index contributed by atoms with van der Waals surface area (Å²) < 4.78 is 5.12. The molecule has 2 amide bonds. The van der Waals surface area contributed by atoms with Gasteiger partial charge in [-0.2, -0.15) is 0 Å². The molecule has 2 aliphatic heterocycles. The Morgan fingerprint density at radius 3 is 2.38 bits per heavy atom. The summed E-state index contributed by atoms with van der Waals surface area (Å²) in [6, 6.07) is 15.2. The number of hydrogen-bond acceptors (Lipinski definition) is 6. The number of phenols is 1. The molecule has 2 aromatic rings. The van der Waals surface area contributed by atoms with E-state index < -0.39 is 35.3 Å². The number of benzene rings is 2. The van der Waals surface area contributed by atoms with Gasteiger partial charge >= 0.3 is 5.97 Å². The van der Waals surface area contributed by atoms with E-state index in [4.69, 9.17) is 4.74 Å². The van der Waals surface area contributed by atoms with Gasteiger partial charge in [0.1, 0.15) is 11.3 Å². The lowest BCUT2D eigenvalue weighted by Crippen LogP contribution is -2.57. The fraction of sp³-hybridized carbons (Fsp3) is 0.318. The fourth-order valence-corrected chi connectivity index (χ4v) is 4.64. The van der Waals surface area contributed by atoms with Crippen molar-refractivity contribution in [2.24, 2.45) is 11.8 Å². The maximum absolute atomic E-state index is 13.1. The summed E-state index contributed by atoms with van der Waals surface area (Å²) in [5.74, 6) is -2.82. The molecule has 0 spiro atoms. The van der Waals surface area contributed by atoms with Gasteiger partial charge in [-0.15, -0.1) is 0 Å². The number of nitrogens with zero attached hydrogens (tertiary/aromatic N) is 1. The van der Waals surface area contributed by atoms with E-state index in [1.807, 2.05) is 30.3 Å². The van der Waals surface area contributed by atoms with Crippen molar-refractivity contribution >= 4 is 17.8 Å². The molecule has 0 aromatic heterocycles. The molecule has 0 bridgehead atoms. The standard InChI is InChI=1S/C22H22N2O5/c1-24-19(26)16-17(20(24)27)22(21(28)29-2,12-13-6-4-3-5-7-13)23-18(16)14-8-10-15(25)11-9-14/h3-11,16-18,23,25H,12H2,1-2H3/t16-,17+,18-,22+/m0/s1. The van der Waals surface area contributed by atoms with E-state index in [1.165, 1.54) is 26.3 Å². The molecule has 2 aromatic carbocycles. The number of hydrogen-bond donors (Lipinski definition) is 2. The molecule has 4 atom stereocenters. The van der Waals surface area contributed by atoms with Crippen LogP contribution in [0.15, 0.2) is 54.6 Å². The number of fused-ring (bicyclic) bond motifs is 1. The minimum atomic E-state index is -1.37. The highest BCUT2D eigenvalue weighted by atomic mass is 16.5. The lowest BCUT2D eigenvalue weighted by Gasteiger charge is -2.32. The Balaban J connectivity index is 1.85. The third-order valence-corrected chi connectivity index (χ3v) is 6.00. The first-order valence-corrected chi connectivity index (χ1v) is 9.39. The van der Waals surface area contributed by atoms with Gasteiger partial charge in [0.2, 0.25) is 11.8 Å². The van der Waals surface area contributed by atoms with Crippen LogP contribution in [0.4, 0.5) is 0 Å². The molecule has 2 fully saturated rings. The molecule has 29 heavy (non-hydrogen) atoms. The molecule has 0 radical (unpaired) electrons. The van der Waals surface area contributed by atoms with Gasteiger partial charge in [-0.3, -0.25) is 24.6 Å². The number of rotatable bonds is 4. The van der Waals surface area contributed by atoms with E-state index in [0.29, 0.717) is 5.56 Å². The number of likely N-dealkylation sites (tertiary alicyclic amines) is 1. The fourth-order valence-electron chi connectivity index (χ4n) is 4.64. The summed E-state index contributed by atoms with van der Waals surface area (Å²) in [5, 5.41) is 12.9. The molecule has 2 aliphatic rings. The van der Waals surface area contributed by atoms with Crippen molar-refractivity contribution in [3.8, 4) is 5.75 Å². The molecule has 0 aliphatic carbocycles. The summed E-state index contributed by atoms with van der Waals surface area (Å²) in [6.45, 7) is 0. The van der Waals surface area contributed by atoms with E-state index in [-0.39, 0.29) is 18.1 Å². The average Bonchev–Trinajstić information content (AvgIpc) is 3.19. The van der Waals surface area contributed by atoms with Crippen LogP contribution in [0.3, 0.4) is 0 Å². The van der Waals surface area contributed by atoms with Gasteiger partial charge in [0.05, 0.1) is 18.9 Å². The second-order valence-electron chi connectivity index (χ2n) is 7.58. The first-order chi connectivity index (χ1) is 13.9. The van der Waals surface area contributed by atoms with Crippen LogP contribution in [0.25, 0.3) is 0 Å². The van der Waals surface area contributed by atoms with Gasteiger partial charge in [-0.25, -0.2) is 0 Å². The van der Waals surface area contributed by atoms with Crippen LogP contribution in [0.2, 0.25) is 0 Å². The summed E-state index contributed by atoms with van der Waals surface area (Å²) in [6.07, 6.45) is 0.211. The molecule has 0 unspecified atom stereocenters. The number of methoxy groups -OCH3 is 1. The first kappa shape index (κ1) is 19.1. The molecular formula is C22H22N2O5. The molecule has 4 rings (SSSR count). The number of imide groups is 1.